The number of hydrogen-bond donors (Lipinski definition) is 2. The Balaban J connectivity index is 1.85. The van der Waals surface area contributed by atoms with Crippen molar-refractivity contribution in [1.82, 2.24) is 19.9 Å². The normalized spacial score (nSPS) is 14.2. The third-order valence-corrected chi connectivity index (χ3v) is 3.10. The minimum Gasteiger partial charge on any atom is -0.467 e. The SMILES string of the molecule is CNc1nc(NCCC(=O)N2CCCC2)nc(OC)n1. The maximum Gasteiger partial charge on any atom is 0.322 e. The highest BCUT2D eigenvalue weighted by Gasteiger charge is 2.17. The molecule has 0 spiro atoms. The summed E-state index contributed by atoms with van der Waals surface area (Å²) in [7, 11) is 3.21. The van der Waals surface area contributed by atoms with E-state index >= 15 is 0 Å². The number of rotatable bonds is 6. The Morgan fingerprint density at radius 2 is 1.95 bits per heavy atom. The molecule has 1 saturated heterocycles. The molecular weight excluding hydrogens is 260 g/mol. The Morgan fingerprint density at radius 1 is 1.25 bits per heavy atom. The van der Waals surface area contributed by atoms with Gasteiger partial charge in [-0.05, 0) is 12.8 Å². The maximum atomic E-state index is 11.9. The van der Waals surface area contributed by atoms with E-state index in [1.807, 2.05) is 4.90 Å². The summed E-state index contributed by atoms with van der Waals surface area (Å²) in [6.07, 6.45) is 2.65. The van der Waals surface area contributed by atoms with Crippen LogP contribution in [-0.4, -0.2) is 59.6 Å². The number of hydrogen-bond acceptors (Lipinski definition) is 7. The number of carbonyl (C=O) groups is 1. The second-order valence-electron chi connectivity index (χ2n) is 4.48. The smallest absolute Gasteiger partial charge is 0.322 e. The van der Waals surface area contributed by atoms with Crippen LogP contribution in [0.1, 0.15) is 19.3 Å². The van der Waals surface area contributed by atoms with Gasteiger partial charge >= 0.3 is 6.01 Å². The number of nitrogens with one attached hydrogen (secondary N) is 2. The predicted octanol–water partition coefficient (Wildman–Crippen LogP) is 0.346. The van der Waals surface area contributed by atoms with Crippen molar-refractivity contribution < 1.29 is 9.53 Å². The Bertz CT molecular complexity index is 439. The molecule has 2 N–H and O–H groups in total. The number of methoxy groups -OCH3 is 1. The molecule has 1 aromatic rings. The minimum absolute atomic E-state index is 0.171. The van der Waals surface area contributed by atoms with Crippen LogP contribution in [0.15, 0.2) is 0 Å². The average Bonchev–Trinajstić information content (AvgIpc) is 3.01. The highest BCUT2D eigenvalue weighted by molar-refractivity contribution is 5.76. The van der Waals surface area contributed by atoms with E-state index in [2.05, 4.69) is 25.6 Å². The van der Waals surface area contributed by atoms with Gasteiger partial charge in [0.05, 0.1) is 7.11 Å². The Kier molecular flexibility index (Phi) is 4.91. The number of nitrogens with zero attached hydrogens (tertiary/aromatic N) is 4. The molecule has 0 radical (unpaired) electrons. The summed E-state index contributed by atoms with van der Waals surface area (Å²) in [5.41, 5.74) is 0. The molecule has 8 nitrogen and oxygen atoms in total. The van der Waals surface area contributed by atoms with Gasteiger partial charge in [0.2, 0.25) is 17.8 Å². The van der Waals surface area contributed by atoms with Crippen LogP contribution in [0.5, 0.6) is 6.01 Å². The largest absolute Gasteiger partial charge is 0.467 e. The molecule has 1 aliphatic rings. The first-order chi connectivity index (χ1) is 9.72. The first-order valence-corrected chi connectivity index (χ1v) is 6.72. The van der Waals surface area contributed by atoms with Gasteiger partial charge in [0.25, 0.3) is 0 Å². The average molecular weight is 280 g/mol. The zero-order chi connectivity index (χ0) is 14.4. The number of likely N-dealkylation sites (tertiary alicyclic amines) is 1. The van der Waals surface area contributed by atoms with Gasteiger partial charge in [0.15, 0.2) is 0 Å². The summed E-state index contributed by atoms with van der Waals surface area (Å²) < 4.78 is 4.99. The number of aromatic nitrogens is 3. The van der Waals surface area contributed by atoms with Crippen LogP contribution < -0.4 is 15.4 Å². The zero-order valence-electron chi connectivity index (χ0n) is 11.8. The van der Waals surface area contributed by atoms with Crippen LogP contribution in [0.25, 0.3) is 0 Å². The van der Waals surface area contributed by atoms with Crippen LogP contribution in [0.4, 0.5) is 11.9 Å². The van der Waals surface area contributed by atoms with E-state index < -0.39 is 0 Å². The molecule has 1 amide bonds. The molecule has 0 saturated carbocycles. The molecule has 0 atom stereocenters. The summed E-state index contributed by atoms with van der Waals surface area (Å²) >= 11 is 0. The third kappa shape index (κ3) is 3.69. The zero-order valence-corrected chi connectivity index (χ0v) is 11.8. The Hall–Kier alpha value is -2.12. The molecule has 110 valence electrons. The van der Waals surface area contributed by atoms with Crippen molar-refractivity contribution in [2.45, 2.75) is 19.3 Å². The van der Waals surface area contributed by atoms with Crippen molar-refractivity contribution in [1.29, 1.82) is 0 Å². The second kappa shape index (κ2) is 6.88. The molecule has 2 rings (SSSR count). The van der Waals surface area contributed by atoms with Crippen molar-refractivity contribution >= 4 is 17.8 Å². The lowest BCUT2D eigenvalue weighted by Gasteiger charge is -2.15. The summed E-state index contributed by atoms with van der Waals surface area (Å²) in [4.78, 5) is 26.0. The lowest BCUT2D eigenvalue weighted by Crippen LogP contribution is -2.29. The minimum atomic E-state index is 0.171. The lowest BCUT2D eigenvalue weighted by molar-refractivity contribution is -0.129. The van der Waals surface area contributed by atoms with Crippen molar-refractivity contribution in [2.24, 2.45) is 0 Å². The van der Waals surface area contributed by atoms with Crippen molar-refractivity contribution in [2.75, 3.05) is 44.4 Å². The van der Waals surface area contributed by atoms with Gasteiger partial charge in [-0.2, -0.15) is 15.0 Å². The van der Waals surface area contributed by atoms with E-state index in [-0.39, 0.29) is 11.9 Å². The van der Waals surface area contributed by atoms with Crippen LogP contribution in [0.3, 0.4) is 0 Å². The topological polar surface area (TPSA) is 92.3 Å². The number of anilines is 2. The van der Waals surface area contributed by atoms with E-state index in [1.54, 1.807) is 7.05 Å². The molecule has 1 fully saturated rings. The Morgan fingerprint density at radius 3 is 2.60 bits per heavy atom. The van der Waals surface area contributed by atoms with Gasteiger partial charge in [-0.15, -0.1) is 0 Å². The van der Waals surface area contributed by atoms with Crippen LogP contribution in [-0.2, 0) is 4.79 Å². The first-order valence-electron chi connectivity index (χ1n) is 6.72. The molecule has 0 aromatic carbocycles. The molecular formula is C12H20N6O2. The summed E-state index contributed by atoms with van der Waals surface area (Å²) in [6, 6.07) is 0.234. The van der Waals surface area contributed by atoms with Gasteiger partial charge in [-0.25, -0.2) is 0 Å². The van der Waals surface area contributed by atoms with E-state index in [1.165, 1.54) is 7.11 Å². The van der Waals surface area contributed by atoms with E-state index in [9.17, 15) is 4.79 Å². The predicted molar refractivity (Wildman–Crippen MR) is 74.8 cm³/mol. The highest BCUT2D eigenvalue weighted by atomic mass is 16.5. The van der Waals surface area contributed by atoms with Gasteiger partial charge in [-0.3, -0.25) is 4.79 Å². The second-order valence-corrected chi connectivity index (χ2v) is 4.48. The molecule has 2 heterocycles. The number of carbonyl (C=O) groups excluding carboxylic acids is 1. The van der Waals surface area contributed by atoms with E-state index in [4.69, 9.17) is 4.74 Å². The van der Waals surface area contributed by atoms with Gasteiger partial charge in [0.1, 0.15) is 0 Å². The molecule has 1 aromatic heterocycles. The fraction of sp³-hybridized carbons (Fsp3) is 0.667. The molecule has 8 heteroatoms. The molecule has 0 unspecified atom stereocenters. The van der Waals surface area contributed by atoms with Crippen molar-refractivity contribution in [3.05, 3.63) is 0 Å². The van der Waals surface area contributed by atoms with Crippen LogP contribution in [0, 0.1) is 0 Å². The van der Waals surface area contributed by atoms with Crippen LogP contribution >= 0.6 is 0 Å². The van der Waals surface area contributed by atoms with Crippen molar-refractivity contribution in [3.8, 4) is 6.01 Å². The van der Waals surface area contributed by atoms with Gasteiger partial charge in [-0.1, -0.05) is 0 Å². The monoisotopic (exact) mass is 280 g/mol. The van der Waals surface area contributed by atoms with Crippen molar-refractivity contribution in [3.63, 3.8) is 0 Å². The van der Waals surface area contributed by atoms with E-state index in [0.29, 0.717) is 24.9 Å². The highest BCUT2D eigenvalue weighted by Crippen LogP contribution is 2.11. The molecule has 20 heavy (non-hydrogen) atoms. The number of ether oxygens (including phenoxy) is 1. The summed E-state index contributed by atoms with van der Waals surface area (Å²) in [5.74, 6) is 0.991. The van der Waals surface area contributed by atoms with E-state index in [0.717, 1.165) is 25.9 Å². The quantitative estimate of drug-likeness (QED) is 0.776. The molecule has 1 aliphatic heterocycles. The van der Waals surface area contributed by atoms with Crippen LogP contribution in [0.2, 0.25) is 0 Å². The summed E-state index contributed by atoms with van der Waals surface area (Å²) in [6.45, 7) is 2.25. The standard InChI is InChI=1S/C12H20N6O2/c1-13-10-15-11(17-12(16-10)20-2)14-6-5-9(19)18-7-3-4-8-18/h3-8H2,1-2H3,(H2,13,14,15,16,17). The number of amides is 1. The third-order valence-electron chi connectivity index (χ3n) is 3.10. The fourth-order valence-corrected chi connectivity index (χ4v) is 2.04. The summed E-state index contributed by atoms with van der Waals surface area (Å²) in [5, 5.41) is 5.85. The Labute approximate surface area is 118 Å². The maximum absolute atomic E-state index is 11.9. The first kappa shape index (κ1) is 14.3. The fourth-order valence-electron chi connectivity index (χ4n) is 2.04. The van der Waals surface area contributed by atoms with Gasteiger partial charge in [0, 0.05) is 33.1 Å². The molecule has 0 aliphatic carbocycles. The lowest BCUT2D eigenvalue weighted by atomic mass is 10.3. The van der Waals surface area contributed by atoms with Gasteiger partial charge < -0.3 is 20.3 Å². The molecule has 0 bridgehead atoms.